The molecule has 0 bridgehead atoms. The van der Waals surface area contributed by atoms with Crippen LogP contribution in [-0.4, -0.2) is 69.7 Å². The first-order valence-corrected chi connectivity index (χ1v) is 7.47. The van der Waals surface area contributed by atoms with Gasteiger partial charge in [-0.3, -0.25) is 4.90 Å². The second kappa shape index (κ2) is 6.04. The molecule has 0 aromatic heterocycles. The van der Waals surface area contributed by atoms with Crippen LogP contribution >= 0.6 is 0 Å². The van der Waals surface area contributed by atoms with Crippen LogP contribution in [0.5, 0.6) is 0 Å². The van der Waals surface area contributed by atoms with Crippen molar-refractivity contribution < 1.29 is 24.9 Å². The Bertz CT molecular complexity index is 424. The maximum Gasteiger partial charge on any atom is 0.341 e. The predicted molar refractivity (Wildman–Crippen MR) is 76.5 cm³/mol. The van der Waals surface area contributed by atoms with E-state index in [1.54, 1.807) is 13.8 Å². The number of hydrogen-bond donors (Lipinski definition) is 3. The zero-order valence-electron chi connectivity index (χ0n) is 12.8. The molecule has 1 fully saturated rings. The summed E-state index contributed by atoms with van der Waals surface area (Å²) in [6, 6.07) is -0.107. The maximum atomic E-state index is 12.4. The van der Waals surface area contributed by atoms with Crippen molar-refractivity contribution in [1.29, 1.82) is 0 Å². The molecular weight excluding hydrogens is 274 g/mol. The van der Waals surface area contributed by atoms with Gasteiger partial charge >= 0.3 is 5.97 Å². The number of esters is 1. The van der Waals surface area contributed by atoms with E-state index >= 15 is 0 Å². The van der Waals surface area contributed by atoms with Gasteiger partial charge in [0, 0.05) is 13.1 Å². The molecule has 4 atom stereocenters. The monoisotopic (exact) mass is 299 g/mol. The minimum atomic E-state index is -1.91. The van der Waals surface area contributed by atoms with Gasteiger partial charge in [-0.15, -0.1) is 0 Å². The van der Waals surface area contributed by atoms with Gasteiger partial charge in [0.05, 0.1) is 18.8 Å². The van der Waals surface area contributed by atoms with Crippen LogP contribution in [-0.2, 0) is 9.53 Å². The van der Waals surface area contributed by atoms with Crippen molar-refractivity contribution in [2.45, 2.75) is 51.0 Å². The fourth-order valence-corrected chi connectivity index (χ4v) is 3.26. The highest BCUT2D eigenvalue weighted by Gasteiger charge is 2.49. The lowest BCUT2D eigenvalue weighted by Crippen LogP contribution is -2.54. The van der Waals surface area contributed by atoms with Gasteiger partial charge in [0.15, 0.2) is 5.60 Å². The highest BCUT2D eigenvalue weighted by molar-refractivity contribution is 5.80. The second-order valence-electron chi connectivity index (χ2n) is 6.27. The number of hydrogen-bond acceptors (Lipinski definition) is 6. The molecule has 6 heteroatoms. The van der Waals surface area contributed by atoms with Gasteiger partial charge in [-0.25, -0.2) is 4.79 Å². The van der Waals surface area contributed by atoms with Gasteiger partial charge in [0.2, 0.25) is 0 Å². The Kier molecular flexibility index (Phi) is 4.72. The Morgan fingerprint density at radius 3 is 2.71 bits per heavy atom. The normalized spacial score (nSPS) is 30.0. The average molecular weight is 299 g/mol. The number of carbonyl (C=O) groups excluding carboxylic acids is 1. The largest absolute Gasteiger partial charge is 0.458 e. The van der Waals surface area contributed by atoms with Crippen molar-refractivity contribution in [2.75, 3.05) is 19.7 Å². The minimum absolute atomic E-state index is 0.0555. The first-order valence-electron chi connectivity index (χ1n) is 7.47. The lowest BCUT2D eigenvalue weighted by molar-refractivity contribution is -0.190. The number of rotatable bonds is 5. The van der Waals surface area contributed by atoms with Crippen molar-refractivity contribution in [3.63, 3.8) is 0 Å². The van der Waals surface area contributed by atoms with Crippen LogP contribution in [0.3, 0.4) is 0 Å². The molecule has 6 nitrogen and oxygen atoms in total. The van der Waals surface area contributed by atoms with E-state index in [4.69, 9.17) is 4.74 Å². The topological polar surface area (TPSA) is 90.2 Å². The van der Waals surface area contributed by atoms with Crippen LogP contribution in [0.15, 0.2) is 11.6 Å². The molecule has 0 spiro atoms. The summed E-state index contributed by atoms with van der Waals surface area (Å²) >= 11 is 0. The van der Waals surface area contributed by atoms with Crippen molar-refractivity contribution in [2.24, 2.45) is 5.92 Å². The second-order valence-corrected chi connectivity index (χ2v) is 6.27. The van der Waals surface area contributed by atoms with E-state index in [1.165, 1.54) is 6.92 Å². The lowest BCUT2D eigenvalue weighted by Gasteiger charge is -2.34. The Morgan fingerprint density at radius 2 is 2.19 bits per heavy atom. The molecular formula is C15H25NO5. The molecule has 2 aliphatic heterocycles. The van der Waals surface area contributed by atoms with E-state index < -0.39 is 23.6 Å². The average Bonchev–Trinajstić information content (AvgIpc) is 2.99. The molecule has 4 unspecified atom stereocenters. The van der Waals surface area contributed by atoms with Gasteiger partial charge in [0.25, 0.3) is 0 Å². The molecule has 0 radical (unpaired) electrons. The Hall–Kier alpha value is -0.950. The van der Waals surface area contributed by atoms with E-state index in [-0.39, 0.29) is 18.8 Å². The Labute approximate surface area is 125 Å². The molecule has 0 aromatic carbocycles. The van der Waals surface area contributed by atoms with Crippen LogP contribution in [0, 0.1) is 5.92 Å². The minimum Gasteiger partial charge on any atom is -0.458 e. The highest BCUT2D eigenvalue weighted by atomic mass is 16.6. The lowest BCUT2D eigenvalue weighted by atomic mass is 9.85. The first kappa shape index (κ1) is 16.4. The molecule has 0 aliphatic carbocycles. The molecule has 21 heavy (non-hydrogen) atoms. The summed E-state index contributed by atoms with van der Waals surface area (Å²) in [6.07, 6.45) is 1.02. The third-order valence-corrected chi connectivity index (χ3v) is 4.70. The van der Waals surface area contributed by atoms with Gasteiger partial charge < -0.3 is 20.1 Å². The first-order chi connectivity index (χ1) is 9.82. The number of fused-ring (bicyclic) bond motifs is 1. The summed E-state index contributed by atoms with van der Waals surface area (Å²) in [5, 5.41) is 29.6. The predicted octanol–water partition coefficient (Wildman–Crippen LogP) is -0.327. The summed E-state index contributed by atoms with van der Waals surface area (Å²) < 4.78 is 5.50. The molecule has 0 saturated carbocycles. The van der Waals surface area contributed by atoms with Gasteiger partial charge in [-0.1, -0.05) is 19.9 Å². The molecule has 2 aliphatic rings. The molecule has 1 saturated heterocycles. The quantitative estimate of drug-likeness (QED) is 0.476. The van der Waals surface area contributed by atoms with Gasteiger partial charge in [-0.2, -0.15) is 0 Å². The van der Waals surface area contributed by atoms with Crippen LogP contribution in [0.2, 0.25) is 0 Å². The zero-order chi connectivity index (χ0) is 15.8. The molecule has 0 aromatic rings. The Balaban J connectivity index is 2.11. The smallest absolute Gasteiger partial charge is 0.341 e. The van der Waals surface area contributed by atoms with Crippen molar-refractivity contribution in [1.82, 2.24) is 4.90 Å². The summed E-state index contributed by atoms with van der Waals surface area (Å²) in [7, 11) is 0. The summed E-state index contributed by atoms with van der Waals surface area (Å²) in [6.45, 7) is 6.21. The maximum absolute atomic E-state index is 12.4. The zero-order valence-corrected chi connectivity index (χ0v) is 12.8. The summed E-state index contributed by atoms with van der Waals surface area (Å²) in [4.78, 5) is 14.5. The number of nitrogens with zero attached hydrogens (tertiary/aromatic N) is 1. The van der Waals surface area contributed by atoms with Crippen molar-refractivity contribution >= 4 is 5.97 Å². The molecule has 120 valence electrons. The standard InChI is InChI=1S/C15H25NO5/c1-9(2)15(20,10(3)18)14(19)21-12-5-7-16-6-4-11(8-17)13(12)16/h4,9-10,12-13,17-18,20H,5-8H2,1-3H3. The van der Waals surface area contributed by atoms with E-state index in [0.717, 1.165) is 18.7 Å². The fraction of sp³-hybridized carbons (Fsp3) is 0.800. The molecule has 2 rings (SSSR count). The van der Waals surface area contributed by atoms with Crippen LogP contribution in [0.25, 0.3) is 0 Å². The number of carbonyl (C=O) groups is 1. The van der Waals surface area contributed by atoms with Crippen LogP contribution < -0.4 is 0 Å². The van der Waals surface area contributed by atoms with E-state index in [1.807, 2.05) is 6.08 Å². The van der Waals surface area contributed by atoms with Gasteiger partial charge in [0.1, 0.15) is 6.10 Å². The van der Waals surface area contributed by atoms with Crippen LogP contribution in [0.4, 0.5) is 0 Å². The number of ether oxygens (including phenoxy) is 1. The number of aliphatic hydroxyl groups is 3. The van der Waals surface area contributed by atoms with Crippen LogP contribution in [0.1, 0.15) is 27.2 Å². The number of aliphatic hydroxyl groups excluding tert-OH is 2. The van der Waals surface area contributed by atoms with E-state index in [0.29, 0.717) is 6.42 Å². The van der Waals surface area contributed by atoms with Crippen molar-refractivity contribution in [3.8, 4) is 0 Å². The molecule has 2 heterocycles. The third-order valence-electron chi connectivity index (χ3n) is 4.70. The Morgan fingerprint density at radius 1 is 1.52 bits per heavy atom. The summed E-state index contributed by atoms with van der Waals surface area (Å²) in [5.41, 5.74) is -1.05. The SMILES string of the molecule is CC(C)C(O)(C(=O)OC1CCN2CC=C(CO)C12)C(C)O. The fourth-order valence-electron chi connectivity index (χ4n) is 3.26. The molecule has 0 amide bonds. The van der Waals surface area contributed by atoms with Crippen molar-refractivity contribution in [3.05, 3.63) is 11.6 Å². The van der Waals surface area contributed by atoms with E-state index in [2.05, 4.69) is 4.90 Å². The highest BCUT2D eigenvalue weighted by Crippen LogP contribution is 2.33. The van der Waals surface area contributed by atoms with E-state index in [9.17, 15) is 20.1 Å². The third kappa shape index (κ3) is 2.73. The van der Waals surface area contributed by atoms with Gasteiger partial charge in [-0.05, 0) is 24.8 Å². The molecule has 3 N–H and O–H groups in total. The summed E-state index contributed by atoms with van der Waals surface area (Å²) in [5.74, 6) is -1.25.